The molecule has 1 aliphatic heterocycles. The molecular weight excluding hydrogens is 444 g/mol. The van der Waals surface area contributed by atoms with Gasteiger partial charge in [0, 0.05) is 25.1 Å². The van der Waals surface area contributed by atoms with Crippen LogP contribution in [0.3, 0.4) is 0 Å². The second-order valence-electron chi connectivity index (χ2n) is 8.13. The van der Waals surface area contributed by atoms with Gasteiger partial charge < -0.3 is 19.5 Å². The van der Waals surface area contributed by atoms with E-state index in [1.54, 1.807) is 0 Å². The first-order valence-corrected chi connectivity index (χ1v) is 12.4. The lowest BCUT2D eigenvalue weighted by atomic mass is 9.83. The lowest BCUT2D eigenvalue weighted by Crippen LogP contribution is -2.46. The Morgan fingerprint density at radius 1 is 1.12 bits per heavy atom. The van der Waals surface area contributed by atoms with Crippen molar-refractivity contribution in [1.29, 1.82) is 0 Å². The van der Waals surface area contributed by atoms with E-state index in [1.807, 2.05) is 24.3 Å². The van der Waals surface area contributed by atoms with Gasteiger partial charge >= 0.3 is 0 Å². The van der Waals surface area contributed by atoms with E-state index in [4.69, 9.17) is 14.2 Å². The normalized spacial score (nSPS) is 17.1. The van der Waals surface area contributed by atoms with Gasteiger partial charge in [0.25, 0.3) is 0 Å². The highest BCUT2D eigenvalue weighted by molar-refractivity contribution is 7.89. The van der Waals surface area contributed by atoms with Crippen LogP contribution in [0.5, 0.6) is 17.2 Å². The number of benzene rings is 2. The number of methoxy groups -OCH3 is 2. The molecule has 1 aliphatic rings. The predicted molar refractivity (Wildman–Crippen MR) is 125 cm³/mol. The molecule has 0 saturated carbocycles. The first kappa shape index (κ1) is 24.9. The second kappa shape index (κ2) is 10.0. The second-order valence-corrected chi connectivity index (χ2v) is 10.2. The van der Waals surface area contributed by atoms with E-state index in [-0.39, 0.29) is 29.0 Å². The van der Waals surface area contributed by atoms with Gasteiger partial charge in [0.2, 0.25) is 15.9 Å². The summed E-state index contributed by atoms with van der Waals surface area (Å²) in [5, 5.41) is 3.02. The molecule has 2 aromatic carbocycles. The smallest absolute Gasteiger partial charge is 0.243 e. The van der Waals surface area contributed by atoms with E-state index in [1.165, 1.54) is 39.5 Å². The summed E-state index contributed by atoms with van der Waals surface area (Å²) >= 11 is 0. The van der Waals surface area contributed by atoms with Crippen LogP contribution in [0.2, 0.25) is 0 Å². The molecule has 0 aromatic heterocycles. The molecule has 0 fully saturated rings. The van der Waals surface area contributed by atoms with Gasteiger partial charge in [0.05, 0.1) is 31.7 Å². The zero-order valence-corrected chi connectivity index (χ0v) is 20.6. The lowest BCUT2D eigenvalue weighted by molar-refractivity contribution is -0.122. The van der Waals surface area contributed by atoms with Gasteiger partial charge in [0.1, 0.15) is 11.4 Å². The summed E-state index contributed by atoms with van der Waals surface area (Å²) in [7, 11) is 0.377. The van der Waals surface area contributed by atoms with Gasteiger partial charge in [-0.1, -0.05) is 32.0 Å². The average molecular weight is 477 g/mol. The van der Waals surface area contributed by atoms with E-state index in [0.29, 0.717) is 17.9 Å². The van der Waals surface area contributed by atoms with Crippen LogP contribution in [0.25, 0.3) is 0 Å². The molecule has 1 amide bonds. The summed E-state index contributed by atoms with van der Waals surface area (Å²) in [4.78, 5) is 12.9. The minimum Gasteiger partial charge on any atom is -0.493 e. The predicted octanol–water partition coefficient (Wildman–Crippen LogP) is 3.52. The SMILES string of the molecule is CCC1(CC)C[C@H](NC(=O)CN(C)S(=O)(=O)c2ccc(OC)c(OC)c2)c2ccccc2O1. The van der Waals surface area contributed by atoms with Crippen LogP contribution in [0, 0.1) is 0 Å². The van der Waals surface area contributed by atoms with Crippen LogP contribution in [-0.4, -0.2) is 52.0 Å². The van der Waals surface area contributed by atoms with Crippen LogP contribution in [0.4, 0.5) is 0 Å². The highest BCUT2D eigenvalue weighted by Crippen LogP contribution is 2.42. The Labute approximate surface area is 195 Å². The van der Waals surface area contributed by atoms with Crippen LogP contribution < -0.4 is 19.5 Å². The number of hydrogen-bond acceptors (Lipinski definition) is 6. The topological polar surface area (TPSA) is 94.2 Å². The van der Waals surface area contributed by atoms with Crippen LogP contribution in [0.1, 0.15) is 44.7 Å². The fourth-order valence-electron chi connectivity index (χ4n) is 4.11. The largest absolute Gasteiger partial charge is 0.493 e. The van der Waals surface area contributed by atoms with E-state index in [0.717, 1.165) is 28.5 Å². The monoisotopic (exact) mass is 476 g/mol. The first-order valence-electron chi connectivity index (χ1n) is 11.0. The van der Waals surface area contributed by atoms with Gasteiger partial charge in [-0.25, -0.2) is 8.42 Å². The lowest BCUT2D eigenvalue weighted by Gasteiger charge is -2.41. The van der Waals surface area contributed by atoms with Gasteiger partial charge in [0.15, 0.2) is 11.5 Å². The molecule has 1 heterocycles. The molecule has 0 spiro atoms. The molecule has 1 atom stereocenters. The molecule has 180 valence electrons. The van der Waals surface area contributed by atoms with E-state index in [9.17, 15) is 13.2 Å². The fraction of sp³-hybridized carbons (Fsp3) is 0.458. The average Bonchev–Trinajstić information content (AvgIpc) is 2.83. The fourth-order valence-corrected chi connectivity index (χ4v) is 5.26. The maximum Gasteiger partial charge on any atom is 0.243 e. The van der Waals surface area contributed by atoms with Crippen molar-refractivity contribution in [2.75, 3.05) is 27.8 Å². The molecule has 8 nitrogen and oxygen atoms in total. The summed E-state index contributed by atoms with van der Waals surface area (Å²) in [6.07, 6.45) is 2.23. The highest BCUT2D eigenvalue weighted by Gasteiger charge is 2.39. The number of carbonyl (C=O) groups is 1. The molecular formula is C24H32N2O6S. The Balaban J connectivity index is 1.77. The number of fused-ring (bicyclic) bond motifs is 1. The number of likely N-dealkylation sites (N-methyl/N-ethyl adjacent to an activating group) is 1. The summed E-state index contributed by atoms with van der Waals surface area (Å²) < 4.78 is 43.8. The minimum atomic E-state index is -3.91. The third kappa shape index (κ3) is 5.09. The number of para-hydroxylation sites is 1. The van der Waals surface area contributed by atoms with E-state index in [2.05, 4.69) is 19.2 Å². The Morgan fingerprint density at radius 2 is 1.79 bits per heavy atom. The number of nitrogens with zero attached hydrogens (tertiary/aromatic N) is 1. The van der Waals surface area contributed by atoms with Crippen molar-refractivity contribution in [3.8, 4) is 17.2 Å². The van der Waals surface area contributed by atoms with Crippen molar-refractivity contribution in [2.24, 2.45) is 0 Å². The first-order chi connectivity index (χ1) is 15.7. The summed E-state index contributed by atoms with van der Waals surface area (Å²) in [5.74, 6) is 1.09. The maximum atomic E-state index is 13.1. The third-order valence-electron chi connectivity index (χ3n) is 6.25. The number of sulfonamides is 1. The van der Waals surface area contributed by atoms with Crippen molar-refractivity contribution in [3.05, 3.63) is 48.0 Å². The third-order valence-corrected chi connectivity index (χ3v) is 8.05. The number of ether oxygens (including phenoxy) is 3. The number of rotatable bonds is 9. The van der Waals surface area contributed by atoms with Crippen LogP contribution in [0.15, 0.2) is 47.4 Å². The van der Waals surface area contributed by atoms with Crippen LogP contribution in [-0.2, 0) is 14.8 Å². The minimum absolute atomic E-state index is 0.0165. The van der Waals surface area contributed by atoms with Gasteiger partial charge in [-0.3, -0.25) is 4.79 Å². The highest BCUT2D eigenvalue weighted by atomic mass is 32.2. The number of nitrogens with one attached hydrogen (secondary N) is 1. The molecule has 2 aromatic rings. The summed E-state index contributed by atoms with van der Waals surface area (Å²) in [5.41, 5.74) is 0.526. The van der Waals surface area contributed by atoms with Gasteiger partial charge in [-0.2, -0.15) is 4.31 Å². The van der Waals surface area contributed by atoms with E-state index < -0.39 is 10.0 Å². The zero-order valence-electron chi connectivity index (χ0n) is 19.8. The molecule has 0 aliphatic carbocycles. The molecule has 1 N–H and O–H groups in total. The number of carbonyl (C=O) groups excluding carboxylic acids is 1. The molecule has 0 bridgehead atoms. The van der Waals surface area contributed by atoms with Gasteiger partial charge in [-0.15, -0.1) is 0 Å². The quantitative estimate of drug-likeness (QED) is 0.595. The Morgan fingerprint density at radius 3 is 2.42 bits per heavy atom. The molecule has 3 rings (SSSR count). The van der Waals surface area contributed by atoms with Crippen LogP contribution >= 0.6 is 0 Å². The molecule has 0 radical (unpaired) electrons. The Hall–Kier alpha value is -2.78. The van der Waals surface area contributed by atoms with Crippen molar-refractivity contribution in [1.82, 2.24) is 9.62 Å². The molecule has 33 heavy (non-hydrogen) atoms. The van der Waals surface area contributed by atoms with Crippen molar-refractivity contribution in [2.45, 2.75) is 49.6 Å². The summed E-state index contributed by atoms with van der Waals surface area (Å²) in [6, 6.07) is 11.7. The van der Waals surface area contributed by atoms with Gasteiger partial charge in [-0.05, 0) is 31.0 Å². The zero-order chi connectivity index (χ0) is 24.2. The molecule has 9 heteroatoms. The number of amides is 1. The van der Waals surface area contributed by atoms with Crippen molar-refractivity contribution >= 4 is 15.9 Å². The Kier molecular flexibility index (Phi) is 7.54. The Bertz CT molecular complexity index is 1100. The maximum absolute atomic E-state index is 13.1. The molecule has 0 unspecified atom stereocenters. The number of hydrogen-bond donors (Lipinski definition) is 1. The standard InChI is InChI=1S/C24H32N2O6S/c1-6-24(7-2)15-19(18-10-8-9-11-20(18)32-24)25-23(27)16-26(3)33(28,29)17-12-13-21(30-4)22(14-17)31-5/h8-14,19H,6-7,15-16H2,1-5H3,(H,25,27)/t19-/m0/s1. The van der Waals surface area contributed by atoms with Crippen molar-refractivity contribution < 1.29 is 27.4 Å². The summed E-state index contributed by atoms with van der Waals surface area (Å²) in [6.45, 7) is 3.82. The van der Waals surface area contributed by atoms with Crippen molar-refractivity contribution in [3.63, 3.8) is 0 Å². The molecule has 0 saturated heterocycles. The van der Waals surface area contributed by atoms with E-state index >= 15 is 0 Å².